The van der Waals surface area contributed by atoms with Crippen LogP contribution in [-0.2, 0) is 0 Å². The van der Waals surface area contributed by atoms with Gasteiger partial charge in [0.2, 0.25) is 0 Å². The van der Waals surface area contributed by atoms with Crippen LogP contribution in [-0.4, -0.2) is 10.9 Å². The van der Waals surface area contributed by atoms with Crippen molar-refractivity contribution < 1.29 is 4.39 Å². The molecular weight excluding hydrogens is 243 g/mol. The van der Waals surface area contributed by atoms with E-state index in [0.29, 0.717) is 0 Å². The van der Waals surface area contributed by atoms with Crippen molar-refractivity contribution in [1.29, 1.82) is 0 Å². The Hall–Kier alpha value is -0.680. The van der Waals surface area contributed by atoms with Gasteiger partial charge < -0.3 is 5.32 Å². The van der Waals surface area contributed by atoms with E-state index in [0.717, 1.165) is 27.4 Å². The Kier molecular flexibility index (Phi) is 2.81. The van der Waals surface area contributed by atoms with Crippen molar-refractivity contribution in [3.8, 4) is 0 Å². The fourth-order valence-corrected chi connectivity index (χ4v) is 3.29. The Morgan fingerprint density at radius 3 is 3.19 bits per heavy atom. The summed E-state index contributed by atoms with van der Waals surface area (Å²) in [5.41, 5.74) is 0.958. The number of hydrogen-bond acceptors (Lipinski definition) is 4. The summed E-state index contributed by atoms with van der Waals surface area (Å²) in [5, 5.41) is 4.17. The first-order valence-corrected chi connectivity index (χ1v) is 7.01. The van der Waals surface area contributed by atoms with Crippen molar-refractivity contribution >= 4 is 34.6 Å². The quantitative estimate of drug-likeness (QED) is 0.813. The van der Waals surface area contributed by atoms with Gasteiger partial charge in [0.15, 0.2) is 5.17 Å². The number of fused-ring (bicyclic) bond motifs is 1. The summed E-state index contributed by atoms with van der Waals surface area (Å²) in [6.07, 6.45) is 2.71. The van der Waals surface area contributed by atoms with Crippen LogP contribution in [0.3, 0.4) is 0 Å². The molecule has 0 atom stereocenters. The molecule has 0 bridgehead atoms. The highest BCUT2D eigenvalue weighted by atomic mass is 32.2. The van der Waals surface area contributed by atoms with Gasteiger partial charge in [0.25, 0.3) is 0 Å². The summed E-state index contributed by atoms with van der Waals surface area (Å²) < 4.78 is 17.3. The van der Waals surface area contributed by atoms with Gasteiger partial charge in [-0.25, -0.2) is 4.39 Å². The molecule has 0 amide bonds. The number of nitrogens with one attached hydrogen (secondary N) is 1. The van der Waals surface area contributed by atoms with E-state index in [1.165, 1.54) is 36.9 Å². The van der Waals surface area contributed by atoms with E-state index in [-0.39, 0.29) is 5.82 Å². The molecule has 1 N–H and O–H groups in total. The summed E-state index contributed by atoms with van der Waals surface area (Å²) >= 11 is 3.11. The third kappa shape index (κ3) is 2.35. The number of benzene rings is 1. The third-order valence-electron chi connectivity index (χ3n) is 2.56. The minimum Gasteiger partial charge on any atom is -0.333 e. The lowest BCUT2D eigenvalue weighted by Gasteiger charge is -2.16. The minimum atomic E-state index is -0.211. The van der Waals surface area contributed by atoms with E-state index in [1.54, 1.807) is 17.8 Å². The van der Waals surface area contributed by atoms with Crippen molar-refractivity contribution in [3.05, 3.63) is 24.0 Å². The summed E-state index contributed by atoms with van der Waals surface area (Å²) in [6.45, 7) is 0. The average Bonchev–Trinajstić information content (AvgIpc) is 3.10. The average molecular weight is 254 g/mol. The molecule has 84 valence electrons. The van der Waals surface area contributed by atoms with E-state index in [1.807, 2.05) is 0 Å². The predicted molar refractivity (Wildman–Crippen MR) is 68.5 cm³/mol. The van der Waals surface area contributed by atoms with Crippen LogP contribution >= 0.6 is 23.7 Å². The molecular formula is C11H11FN2S2. The smallest absolute Gasteiger partial charge is 0.173 e. The molecule has 1 aromatic rings. The van der Waals surface area contributed by atoms with Gasteiger partial charge in [0.1, 0.15) is 5.82 Å². The lowest BCUT2D eigenvalue weighted by molar-refractivity contribution is 0.624. The maximum absolute atomic E-state index is 13.0. The highest BCUT2D eigenvalue weighted by molar-refractivity contribution is 8.15. The van der Waals surface area contributed by atoms with Gasteiger partial charge >= 0.3 is 0 Å². The SMILES string of the molecule is Fc1ccc2c(c1)SN=C(SCC1CC1)N2. The molecule has 0 radical (unpaired) electrons. The van der Waals surface area contributed by atoms with Gasteiger partial charge in [-0.15, -0.1) is 0 Å². The zero-order valence-electron chi connectivity index (χ0n) is 8.57. The zero-order chi connectivity index (χ0) is 11.0. The van der Waals surface area contributed by atoms with Crippen LogP contribution in [0.1, 0.15) is 12.8 Å². The maximum Gasteiger partial charge on any atom is 0.173 e. The molecule has 0 aromatic heterocycles. The second kappa shape index (κ2) is 4.30. The highest BCUT2D eigenvalue weighted by Gasteiger charge is 2.23. The zero-order valence-corrected chi connectivity index (χ0v) is 10.2. The van der Waals surface area contributed by atoms with E-state index in [9.17, 15) is 4.39 Å². The van der Waals surface area contributed by atoms with Gasteiger partial charge in [-0.2, -0.15) is 4.40 Å². The number of anilines is 1. The van der Waals surface area contributed by atoms with Gasteiger partial charge in [-0.05, 0) is 37.0 Å². The lowest BCUT2D eigenvalue weighted by Crippen LogP contribution is -2.12. The molecule has 5 heteroatoms. The number of thioether (sulfide) groups is 1. The Balaban J connectivity index is 1.68. The molecule has 0 saturated heterocycles. The minimum absolute atomic E-state index is 0.211. The van der Waals surface area contributed by atoms with Crippen molar-refractivity contribution in [2.24, 2.45) is 10.3 Å². The summed E-state index contributed by atoms with van der Waals surface area (Å²) in [5.74, 6) is 1.81. The van der Waals surface area contributed by atoms with Gasteiger partial charge in [0.05, 0.1) is 10.6 Å². The molecule has 1 aliphatic heterocycles. The standard InChI is InChI=1S/C11H11FN2S2/c12-8-3-4-9-10(5-8)16-14-11(13-9)15-6-7-1-2-7/h3-5,7H,1-2,6H2,(H,13,14). The Morgan fingerprint density at radius 2 is 2.38 bits per heavy atom. The predicted octanol–water partition coefficient (Wildman–Crippen LogP) is 3.76. The molecule has 0 unspecified atom stereocenters. The van der Waals surface area contributed by atoms with Crippen LogP contribution in [0.5, 0.6) is 0 Å². The molecule has 1 heterocycles. The van der Waals surface area contributed by atoms with Crippen LogP contribution in [0.4, 0.5) is 10.1 Å². The lowest BCUT2D eigenvalue weighted by atomic mass is 10.3. The summed E-state index contributed by atoms with van der Waals surface area (Å²) in [4.78, 5) is 0.857. The second-order valence-corrected chi connectivity index (χ2v) is 5.82. The molecule has 1 fully saturated rings. The van der Waals surface area contributed by atoms with Crippen molar-refractivity contribution in [3.63, 3.8) is 0 Å². The first-order valence-electron chi connectivity index (χ1n) is 5.25. The topological polar surface area (TPSA) is 24.4 Å². The normalized spacial score (nSPS) is 18.7. The molecule has 1 aliphatic carbocycles. The van der Waals surface area contributed by atoms with Gasteiger partial charge in [-0.3, -0.25) is 0 Å². The molecule has 1 saturated carbocycles. The maximum atomic E-state index is 13.0. The summed E-state index contributed by atoms with van der Waals surface area (Å²) in [6, 6.07) is 4.75. The Morgan fingerprint density at radius 1 is 1.50 bits per heavy atom. The number of rotatable bonds is 2. The van der Waals surface area contributed by atoms with Crippen molar-refractivity contribution in [2.45, 2.75) is 17.7 Å². The third-order valence-corrected chi connectivity index (χ3v) is 4.59. The van der Waals surface area contributed by atoms with E-state index >= 15 is 0 Å². The molecule has 2 nitrogen and oxygen atoms in total. The number of amidine groups is 1. The fraction of sp³-hybridized carbons (Fsp3) is 0.364. The van der Waals surface area contributed by atoms with Gasteiger partial charge in [0, 0.05) is 17.7 Å². The van der Waals surface area contributed by atoms with Crippen molar-refractivity contribution in [2.75, 3.05) is 11.1 Å². The Bertz CT molecular complexity index is 444. The molecule has 1 aromatic carbocycles. The molecule has 2 aliphatic rings. The van der Waals surface area contributed by atoms with E-state index < -0.39 is 0 Å². The monoisotopic (exact) mass is 254 g/mol. The molecule has 3 rings (SSSR count). The highest BCUT2D eigenvalue weighted by Crippen LogP contribution is 2.37. The first kappa shape index (κ1) is 10.5. The van der Waals surface area contributed by atoms with E-state index in [2.05, 4.69) is 9.71 Å². The van der Waals surface area contributed by atoms with Crippen LogP contribution < -0.4 is 5.32 Å². The molecule has 0 spiro atoms. The van der Waals surface area contributed by atoms with Crippen LogP contribution in [0.2, 0.25) is 0 Å². The number of nitrogens with zero attached hydrogens (tertiary/aromatic N) is 1. The van der Waals surface area contributed by atoms with Crippen LogP contribution in [0.25, 0.3) is 0 Å². The number of hydrogen-bond donors (Lipinski definition) is 1. The van der Waals surface area contributed by atoms with Crippen LogP contribution in [0.15, 0.2) is 27.5 Å². The largest absolute Gasteiger partial charge is 0.333 e. The Labute approximate surface area is 102 Å². The summed E-state index contributed by atoms with van der Waals surface area (Å²) in [7, 11) is 0. The second-order valence-electron chi connectivity index (χ2n) is 4.01. The first-order chi connectivity index (χ1) is 7.81. The molecule has 16 heavy (non-hydrogen) atoms. The van der Waals surface area contributed by atoms with Crippen molar-refractivity contribution in [1.82, 2.24) is 0 Å². The fourth-order valence-electron chi connectivity index (χ4n) is 1.45. The van der Waals surface area contributed by atoms with Crippen LogP contribution in [0, 0.1) is 11.7 Å². The van der Waals surface area contributed by atoms with E-state index in [4.69, 9.17) is 0 Å². The number of halogens is 1. The van der Waals surface area contributed by atoms with Gasteiger partial charge in [-0.1, -0.05) is 11.8 Å².